The fourth-order valence-corrected chi connectivity index (χ4v) is 7.98. The number of carbonyl (C=O) groups is 1. The van der Waals surface area contributed by atoms with E-state index in [-0.39, 0.29) is 5.91 Å². The monoisotopic (exact) mass is 1240 g/mol. The molecule has 0 fully saturated rings. The summed E-state index contributed by atoms with van der Waals surface area (Å²) in [4.78, 5) is 20.7. The van der Waals surface area contributed by atoms with Crippen LogP contribution >= 0.6 is 51.3 Å². The van der Waals surface area contributed by atoms with E-state index in [0.717, 1.165) is 68.2 Å². The van der Waals surface area contributed by atoms with Gasteiger partial charge in [-0.15, -0.1) is 0 Å². The van der Waals surface area contributed by atoms with Crippen LogP contribution in [-0.2, 0) is 0 Å². The fourth-order valence-electron chi connectivity index (χ4n) is 7.76. The summed E-state index contributed by atoms with van der Waals surface area (Å²) in [6.45, 7) is 0. The van der Waals surface area contributed by atoms with Crippen molar-refractivity contribution in [3.8, 4) is 22.8 Å². The highest BCUT2D eigenvalue weighted by molar-refractivity contribution is 8.20. The predicted molar refractivity (Wildman–Crippen MR) is 367 cm³/mol. The van der Waals surface area contributed by atoms with Gasteiger partial charge in [-0.05, 0) is 109 Å². The first-order valence-electron chi connectivity index (χ1n) is 27.2. The number of aromatic nitrogens is 3. The molecule has 87 heavy (non-hydrogen) atoms. The Morgan fingerprint density at radius 2 is 0.805 bits per heavy atom. The molecular formula is C71H62Cl4N10OP+. The number of carbonyl (C=O) groups excluding carboxylic acids is 1. The van der Waals surface area contributed by atoms with Crippen molar-refractivity contribution in [1.82, 2.24) is 15.2 Å². The van der Waals surface area contributed by atoms with Crippen LogP contribution in [0.15, 0.2) is 350 Å². The molecule has 0 radical (unpaired) electrons. The van der Waals surface area contributed by atoms with Crippen molar-refractivity contribution in [2.75, 3.05) is 16.2 Å². The number of hydrogen-bond acceptors (Lipinski definition) is 7. The molecule has 0 saturated carbocycles. The first kappa shape index (κ1) is 64.9. The highest BCUT2D eigenvalue weighted by atomic mass is 36.0. The van der Waals surface area contributed by atoms with Gasteiger partial charge in [-0.1, -0.05) is 274 Å². The van der Waals surface area contributed by atoms with Crippen LogP contribution in [0.1, 0.15) is 21.5 Å². The number of hydrogen-bond donors (Lipinski definition) is 5. The molecule has 0 unspecified atom stereocenters. The van der Waals surface area contributed by atoms with Gasteiger partial charge >= 0.3 is 5.82 Å². The zero-order valence-corrected chi connectivity index (χ0v) is 50.9. The van der Waals surface area contributed by atoms with Crippen LogP contribution in [-0.4, -0.2) is 26.7 Å². The summed E-state index contributed by atoms with van der Waals surface area (Å²) in [5.41, 5.74) is 19.3. The van der Waals surface area contributed by atoms with Gasteiger partial charge in [-0.3, -0.25) is 21.5 Å². The summed E-state index contributed by atoms with van der Waals surface area (Å²) in [5, 5.41) is 8.14. The highest BCUT2D eigenvalue weighted by Crippen LogP contribution is 2.51. The number of nitrogens with one attached hydrogen (secondary N) is 4. The van der Waals surface area contributed by atoms with Crippen molar-refractivity contribution in [1.29, 1.82) is 0 Å². The van der Waals surface area contributed by atoms with Gasteiger partial charge in [0, 0.05) is 28.1 Å². The number of nitrogens with zero attached hydrogens (tertiary/aromatic N) is 5. The Bertz CT molecular complexity index is 3800. The minimum atomic E-state index is -1.20. The van der Waals surface area contributed by atoms with E-state index in [0.29, 0.717) is 10.7 Å². The summed E-state index contributed by atoms with van der Waals surface area (Å²) >= 11 is 20.7. The molecule has 0 saturated heterocycles. The summed E-state index contributed by atoms with van der Waals surface area (Å²) in [5.74, 6) is 5.51. The van der Waals surface area contributed by atoms with Crippen LogP contribution in [0, 0.1) is 0 Å². The Balaban J connectivity index is 0.000000158. The molecule has 1 aromatic heterocycles. The molecule has 0 aliphatic heterocycles. The minimum absolute atomic E-state index is 0.0817. The van der Waals surface area contributed by atoms with Crippen molar-refractivity contribution in [3.63, 3.8) is 0 Å². The second-order valence-electron chi connectivity index (χ2n) is 18.1. The van der Waals surface area contributed by atoms with E-state index < -0.39 is 5.98 Å². The first-order valence-corrected chi connectivity index (χ1v) is 31.6. The molecule has 6 N–H and O–H groups in total. The van der Waals surface area contributed by atoms with Gasteiger partial charge < -0.3 is 10.7 Å². The van der Waals surface area contributed by atoms with Gasteiger partial charge in [0.15, 0.2) is 11.8 Å². The molecule has 0 aliphatic rings. The summed E-state index contributed by atoms with van der Waals surface area (Å²) < 4.78 is 4.03. The van der Waals surface area contributed by atoms with Crippen molar-refractivity contribution in [3.05, 3.63) is 357 Å². The van der Waals surface area contributed by atoms with Gasteiger partial charge in [-0.2, -0.15) is 4.57 Å². The third-order valence-corrected chi connectivity index (χ3v) is 12.2. The van der Waals surface area contributed by atoms with Gasteiger partial charge in [0.05, 0.1) is 27.7 Å². The number of hydrazine groups is 2. The van der Waals surface area contributed by atoms with Gasteiger partial charge in [0.1, 0.15) is 16.5 Å². The van der Waals surface area contributed by atoms with Gasteiger partial charge in [-0.25, -0.2) is 9.98 Å². The Kier molecular flexibility index (Phi) is 28.0. The number of rotatable bonds is 12. The van der Waals surface area contributed by atoms with Crippen LogP contribution < -0.4 is 32.0 Å². The Hall–Kier alpha value is -9.68. The van der Waals surface area contributed by atoms with E-state index in [2.05, 4.69) is 72.5 Å². The van der Waals surface area contributed by atoms with Crippen molar-refractivity contribution in [2.24, 2.45) is 15.8 Å². The number of nitrogen functional groups attached to an aromatic ring is 1. The number of amides is 1. The molecule has 434 valence electrons. The van der Waals surface area contributed by atoms with Crippen LogP contribution in [0.5, 0.6) is 0 Å². The molecule has 12 rings (SSSR count). The summed E-state index contributed by atoms with van der Waals surface area (Å²) in [7, 11) is 0. The Morgan fingerprint density at radius 1 is 0.437 bits per heavy atom. The second kappa shape index (κ2) is 37.6. The lowest BCUT2D eigenvalue weighted by atomic mass is 10.2. The molecule has 0 aliphatic carbocycles. The number of amidine groups is 1. The number of halogens is 4. The van der Waals surface area contributed by atoms with Crippen molar-refractivity contribution in [2.45, 2.75) is 0 Å². The van der Waals surface area contributed by atoms with Crippen LogP contribution in [0.4, 0.5) is 28.4 Å². The number of para-hydroxylation sites is 7. The molecule has 16 heteroatoms. The average molecular weight is 1240 g/mol. The van der Waals surface area contributed by atoms with E-state index in [4.69, 9.17) is 56.3 Å². The smallest absolute Gasteiger partial charge is 0.314 e. The largest absolute Gasteiger partial charge is 0.324 e. The number of nitrogens with two attached hydrogens (primary N) is 1. The molecule has 1 amide bonds. The predicted octanol–water partition coefficient (Wildman–Crippen LogP) is 19.0. The molecule has 11 aromatic carbocycles. The van der Waals surface area contributed by atoms with Crippen LogP contribution in [0.25, 0.3) is 22.8 Å². The molecule has 0 bridgehead atoms. The maximum absolute atomic E-state index is 11.7. The first-order chi connectivity index (χ1) is 42.7. The number of anilines is 3. The van der Waals surface area contributed by atoms with E-state index in [1.54, 1.807) is 12.1 Å². The number of benzene rings is 11. The normalized spacial score (nSPS) is 10.4. The second-order valence-corrected chi connectivity index (χ2v) is 23.4. The molecule has 12 aromatic rings. The average Bonchev–Trinajstić information content (AvgIpc) is 2.34. The lowest BCUT2D eigenvalue weighted by Gasteiger charge is -2.12. The number of aliphatic imine (C=N–C) groups is 2. The van der Waals surface area contributed by atoms with E-state index >= 15 is 0 Å². The lowest BCUT2D eigenvalue weighted by Crippen LogP contribution is -2.30. The third-order valence-electron chi connectivity index (χ3n) is 11.9. The highest BCUT2D eigenvalue weighted by Gasteiger charge is 2.21. The zero-order valence-electron chi connectivity index (χ0n) is 47.0. The standard InChI is InChI=1S/C20H16N3.C19H17N3.C13H10ClN.C13H11NO.C6H8N2.Cl3P/c1-4-10-17(11-5-1)20-21-23(19-14-8-3-9-15-19)16-22(20)18-12-6-2-7-13-18;1-4-10-16(11-5-1)19(20-17-12-6-2-7-13-17)22-21-18-14-8-3-9-15-18;14-13(11-7-3-1-4-8-11)15-12-9-5-2-6-10-12;15-13(11-7-3-1-4-8-11)14-12-9-5-2-6-10-12;7-8-6-4-2-1-3-5-6;1-4(2)3/h1-16H;1-15,21H,(H,20,22);1-10H;1-10H,(H,14,15);1-5,8H,7H2;/q+1;;;;;. The third kappa shape index (κ3) is 23.7. The topological polar surface area (TPSA) is 138 Å². The fraction of sp³-hybridized carbons (Fsp3) is 0. The maximum Gasteiger partial charge on any atom is 0.314 e. The quantitative estimate of drug-likeness (QED) is 0.0206. The molecule has 11 nitrogen and oxygen atoms in total. The SMILES string of the molecule is ClC(=Nc1ccccc1)c1ccccc1.ClP(Cl)Cl.NNc1ccccc1.O=C(Nc1ccccc1)c1ccccc1.c1ccc(-c2nn(-c3ccccc3)c[n+]2-c2ccccc2)cc1.c1ccc(N=C(NNc2ccccc2)c2ccccc2)cc1. The van der Waals surface area contributed by atoms with Crippen molar-refractivity contribution >= 4 is 96.7 Å². The van der Waals surface area contributed by atoms with E-state index in [9.17, 15) is 4.79 Å². The minimum Gasteiger partial charge on any atom is -0.324 e. The molecule has 0 spiro atoms. The Labute approximate surface area is 529 Å². The maximum atomic E-state index is 11.7. The van der Waals surface area contributed by atoms with Crippen molar-refractivity contribution < 1.29 is 9.36 Å². The van der Waals surface area contributed by atoms with Crippen LogP contribution in [0.2, 0.25) is 0 Å². The summed E-state index contributed by atoms with van der Waals surface area (Å²) in [6, 6.07) is 108. The lowest BCUT2D eigenvalue weighted by molar-refractivity contribution is -0.584. The van der Waals surface area contributed by atoms with Gasteiger partial charge in [0.25, 0.3) is 5.91 Å². The zero-order chi connectivity index (χ0) is 60.9. The van der Waals surface area contributed by atoms with Gasteiger partial charge in [0.2, 0.25) is 6.33 Å². The molecule has 1 heterocycles. The summed E-state index contributed by atoms with van der Waals surface area (Å²) in [6.07, 6.45) is 2.02. The molecule has 0 atom stereocenters. The van der Waals surface area contributed by atoms with E-state index in [1.807, 2.05) is 296 Å². The Morgan fingerprint density at radius 3 is 1.26 bits per heavy atom. The van der Waals surface area contributed by atoms with Crippen LogP contribution in [0.3, 0.4) is 0 Å². The molecular weight excluding hydrogens is 1180 g/mol. The van der Waals surface area contributed by atoms with E-state index in [1.165, 1.54) is 0 Å².